The van der Waals surface area contributed by atoms with Crippen LogP contribution in [0.5, 0.6) is 0 Å². The molecule has 0 saturated heterocycles. The lowest BCUT2D eigenvalue weighted by molar-refractivity contribution is -0.205. The van der Waals surface area contributed by atoms with Gasteiger partial charge in [0.2, 0.25) is 0 Å². The van der Waals surface area contributed by atoms with Crippen LogP contribution in [-0.2, 0) is 19.6 Å². The Morgan fingerprint density at radius 2 is 1.60 bits per heavy atom. The van der Waals surface area contributed by atoms with Gasteiger partial charge < -0.3 is 14.0 Å². The molecule has 2 bridgehead atoms. The fraction of sp³-hybridized carbons (Fsp3) is 0.929. The molecule has 2 aliphatic carbocycles. The predicted molar refractivity (Wildman–Crippen MR) is 75.0 cm³/mol. The largest absolute Gasteiger partial charge is 0.743 e. The van der Waals surface area contributed by atoms with Crippen LogP contribution >= 0.6 is 0 Å². The van der Waals surface area contributed by atoms with Crippen LogP contribution in [0.4, 0.5) is 22.4 Å². The number of rotatable bonds is 4. The zero-order valence-electron chi connectivity index (χ0n) is 13.8. The zero-order chi connectivity index (χ0) is 19.4. The van der Waals surface area contributed by atoms with E-state index in [0.29, 0.717) is 0 Å². The Morgan fingerprint density at radius 3 is 2.00 bits per heavy atom. The first-order valence-corrected chi connectivity index (χ1v) is 9.08. The highest BCUT2D eigenvalue weighted by molar-refractivity contribution is 7.86. The zero-order valence-corrected chi connectivity index (χ0v) is 14.6. The summed E-state index contributed by atoms with van der Waals surface area (Å²) in [6, 6.07) is 0. The van der Waals surface area contributed by atoms with Crippen LogP contribution in [0.2, 0.25) is 0 Å². The van der Waals surface area contributed by atoms with Gasteiger partial charge in [0.15, 0.2) is 10.1 Å². The highest BCUT2D eigenvalue weighted by atomic mass is 32.2. The second-order valence-corrected chi connectivity index (χ2v) is 8.97. The fourth-order valence-corrected chi connectivity index (χ4v) is 4.08. The summed E-state index contributed by atoms with van der Waals surface area (Å²) in [6.07, 6.45) is -2.23. The Morgan fingerprint density at radius 1 is 1.04 bits per heavy atom. The van der Waals surface area contributed by atoms with Gasteiger partial charge in [0, 0.05) is 5.92 Å². The van der Waals surface area contributed by atoms with E-state index in [1.807, 2.05) is 0 Å². The van der Waals surface area contributed by atoms with Gasteiger partial charge in [-0.15, -0.1) is 0 Å². The summed E-state index contributed by atoms with van der Waals surface area (Å²) in [5, 5.41) is -5.68. The Balaban J connectivity index is 2.05. The van der Waals surface area contributed by atoms with Gasteiger partial charge in [-0.3, -0.25) is 0 Å². The molecule has 0 N–H and O–H groups in total. The summed E-state index contributed by atoms with van der Waals surface area (Å²) < 4.78 is 96.5. The second-order valence-electron chi connectivity index (χ2n) is 7.55. The molecule has 2 aliphatic rings. The van der Waals surface area contributed by atoms with E-state index in [9.17, 15) is 35.3 Å². The normalized spacial score (nSPS) is 30.4. The maximum atomic E-state index is 14.0. The molecular weight excluding hydrogens is 372 g/mol. The average molecular weight is 391 g/mol. The van der Waals surface area contributed by atoms with E-state index < -0.39 is 63.3 Å². The number of alkyl halides is 4. The minimum atomic E-state index is -6.51. The van der Waals surface area contributed by atoms with Gasteiger partial charge in [-0.2, -0.15) is 17.6 Å². The number of fused-ring (bicyclic) bond motifs is 2. The van der Waals surface area contributed by atoms with Crippen molar-refractivity contribution in [1.29, 1.82) is 0 Å². The maximum absolute atomic E-state index is 14.0. The lowest BCUT2D eigenvalue weighted by Gasteiger charge is -2.37. The molecule has 11 heteroatoms. The van der Waals surface area contributed by atoms with Crippen molar-refractivity contribution >= 4 is 16.3 Å². The Kier molecular flexibility index (Phi) is 4.83. The first-order valence-electron chi connectivity index (χ1n) is 7.67. The SMILES string of the molecule is CC(C)(C)OC(=O)OC1CC2CC1CC2C(F)(F)C(F)(F)S(=O)(=O)[O-]. The summed E-state index contributed by atoms with van der Waals surface area (Å²) >= 11 is 0. The third kappa shape index (κ3) is 3.71. The monoisotopic (exact) mass is 391 g/mol. The van der Waals surface area contributed by atoms with Crippen LogP contribution in [0, 0.1) is 17.8 Å². The highest BCUT2D eigenvalue weighted by Crippen LogP contribution is 2.58. The van der Waals surface area contributed by atoms with Gasteiger partial charge in [-0.25, -0.2) is 13.2 Å². The molecule has 0 aromatic heterocycles. The number of carbonyl (C=O) groups excluding carboxylic acids is 1. The van der Waals surface area contributed by atoms with Crippen LogP contribution in [0.25, 0.3) is 0 Å². The van der Waals surface area contributed by atoms with Crippen LogP contribution in [0.3, 0.4) is 0 Å². The minimum absolute atomic E-state index is 0.0860. The van der Waals surface area contributed by atoms with Crippen LogP contribution in [0.15, 0.2) is 0 Å². The standard InChI is InChI=1S/C14H20F4O6S/c1-12(2,3)24-11(19)23-10-6-7-4-8(10)5-9(7)13(15,16)14(17,18)25(20,21)22/h7-10H,4-6H2,1-3H3,(H,20,21,22)/p-1. The van der Waals surface area contributed by atoms with E-state index in [0.717, 1.165) is 0 Å². The molecule has 0 aromatic carbocycles. The fourth-order valence-electron chi connectivity index (χ4n) is 3.59. The smallest absolute Gasteiger partial charge is 0.509 e. The molecule has 0 amide bonds. The lowest BCUT2D eigenvalue weighted by atomic mass is 9.82. The third-order valence-electron chi connectivity index (χ3n) is 4.60. The topological polar surface area (TPSA) is 92.7 Å². The first kappa shape index (κ1) is 20.2. The second kappa shape index (κ2) is 5.97. The Hall–Kier alpha value is -1.10. The highest BCUT2D eigenvalue weighted by Gasteiger charge is 2.69. The van der Waals surface area contributed by atoms with Crippen molar-refractivity contribution in [2.75, 3.05) is 0 Å². The van der Waals surface area contributed by atoms with Crippen molar-refractivity contribution in [1.82, 2.24) is 0 Å². The molecule has 4 unspecified atom stereocenters. The summed E-state index contributed by atoms with van der Waals surface area (Å²) in [6.45, 7) is 4.82. The van der Waals surface area contributed by atoms with Crippen molar-refractivity contribution < 1.29 is 44.8 Å². The van der Waals surface area contributed by atoms with E-state index in [1.165, 1.54) is 0 Å². The van der Waals surface area contributed by atoms with Gasteiger partial charge in [0.1, 0.15) is 11.7 Å². The minimum Gasteiger partial charge on any atom is -0.743 e. The molecule has 0 heterocycles. The molecule has 0 aliphatic heterocycles. The van der Waals surface area contributed by atoms with Crippen LogP contribution in [0.1, 0.15) is 40.0 Å². The van der Waals surface area contributed by atoms with E-state index in [1.54, 1.807) is 20.8 Å². The van der Waals surface area contributed by atoms with Crippen molar-refractivity contribution in [2.24, 2.45) is 17.8 Å². The molecule has 0 aromatic rings. The van der Waals surface area contributed by atoms with Crippen molar-refractivity contribution in [3.8, 4) is 0 Å². The number of halogens is 4. The summed E-state index contributed by atoms with van der Waals surface area (Å²) in [5.74, 6) is -8.53. The predicted octanol–water partition coefficient (Wildman–Crippen LogP) is 3.13. The van der Waals surface area contributed by atoms with E-state index in [-0.39, 0.29) is 12.8 Å². The number of ether oxygens (including phenoxy) is 2. The number of carbonyl (C=O) groups is 1. The van der Waals surface area contributed by atoms with Crippen molar-refractivity contribution in [3.05, 3.63) is 0 Å². The van der Waals surface area contributed by atoms with Crippen LogP contribution < -0.4 is 0 Å². The van der Waals surface area contributed by atoms with Crippen molar-refractivity contribution in [2.45, 2.75) is 62.9 Å². The Bertz CT molecular complexity index is 642. The number of hydrogen-bond acceptors (Lipinski definition) is 6. The molecule has 25 heavy (non-hydrogen) atoms. The van der Waals surface area contributed by atoms with E-state index in [4.69, 9.17) is 9.47 Å². The number of hydrogen-bond donors (Lipinski definition) is 0. The van der Waals surface area contributed by atoms with Gasteiger partial charge in [-0.1, -0.05) is 0 Å². The Labute approximate surface area is 142 Å². The average Bonchev–Trinajstić information content (AvgIpc) is 2.94. The molecule has 0 spiro atoms. The first-order chi connectivity index (χ1) is 11.1. The quantitative estimate of drug-likeness (QED) is 0.415. The third-order valence-corrected chi connectivity index (χ3v) is 5.50. The molecule has 4 atom stereocenters. The molecule has 2 fully saturated rings. The summed E-state index contributed by atoms with van der Waals surface area (Å²) in [5.41, 5.74) is -0.811. The van der Waals surface area contributed by atoms with Crippen molar-refractivity contribution in [3.63, 3.8) is 0 Å². The lowest BCUT2D eigenvalue weighted by Crippen LogP contribution is -2.53. The van der Waals surface area contributed by atoms with Crippen LogP contribution in [-0.4, -0.2) is 42.0 Å². The molecule has 2 rings (SSSR count). The van der Waals surface area contributed by atoms with E-state index >= 15 is 0 Å². The van der Waals surface area contributed by atoms with E-state index in [2.05, 4.69) is 0 Å². The molecule has 2 saturated carbocycles. The van der Waals surface area contributed by atoms with Gasteiger partial charge in [-0.05, 0) is 51.9 Å². The molecular formula is C14H19F4O6S-. The summed E-state index contributed by atoms with van der Waals surface area (Å²) in [7, 11) is -6.51. The van der Waals surface area contributed by atoms with Gasteiger partial charge in [0.05, 0.1) is 0 Å². The van der Waals surface area contributed by atoms with Gasteiger partial charge in [0.25, 0.3) is 0 Å². The molecule has 6 nitrogen and oxygen atoms in total. The maximum Gasteiger partial charge on any atom is 0.509 e. The molecule has 146 valence electrons. The van der Waals surface area contributed by atoms with Gasteiger partial charge >= 0.3 is 17.3 Å². The summed E-state index contributed by atoms with van der Waals surface area (Å²) in [4.78, 5) is 11.6. The molecule has 0 radical (unpaired) electrons.